The minimum absolute atomic E-state index is 0.703. The molecule has 2 aromatic heterocycles. The molecule has 20 heavy (non-hydrogen) atoms. The number of rotatable bonds is 5. The van der Waals surface area contributed by atoms with Gasteiger partial charge in [-0.05, 0) is 30.3 Å². The molecular weight excluding hydrogens is 248 g/mol. The van der Waals surface area contributed by atoms with Crippen LogP contribution in [0.4, 0.5) is 0 Å². The van der Waals surface area contributed by atoms with Crippen molar-refractivity contribution in [1.82, 2.24) is 19.9 Å². The number of aromatic nitrogens is 3. The van der Waals surface area contributed by atoms with Gasteiger partial charge in [0.05, 0.1) is 6.54 Å². The van der Waals surface area contributed by atoms with Crippen LogP contribution < -0.4 is 5.32 Å². The van der Waals surface area contributed by atoms with Gasteiger partial charge in [-0.3, -0.25) is 0 Å². The van der Waals surface area contributed by atoms with Crippen molar-refractivity contribution in [3.8, 4) is 0 Å². The molecule has 1 aromatic carbocycles. The fourth-order valence-corrected chi connectivity index (χ4v) is 2.40. The van der Waals surface area contributed by atoms with E-state index >= 15 is 0 Å². The monoisotopic (exact) mass is 266 g/mol. The number of nitrogens with zero attached hydrogens (tertiary/aromatic N) is 3. The van der Waals surface area contributed by atoms with E-state index in [0.717, 1.165) is 18.9 Å². The third kappa shape index (κ3) is 2.56. The third-order valence-corrected chi connectivity index (χ3v) is 3.40. The fourth-order valence-electron chi connectivity index (χ4n) is 2.40. The van der Waals surface area contributed by atoms with Crippen molar-refractivity contribution in [2.45, 2.75) is 20.0 Å². The zero-order valence-corrected chi connectivity index (χ0v) is 11.6. The lowest BCUT2D eigenvalue weighted by Crippen LogP contribution is -2.11. The molecule has 0 saturated carbocycles. The quantitative estimate of drug-likeness (QED) is 0.772. The number of fused-ring (bicyclic) bond motifs is 1. The van der Waals surface area contributed by atoms with E-state index in [1.807, 2.05) is 6.07 Å². The Morgan fingerprint density at radius 2 is 1.95 bits per heavy atom. The standard InChI is InChI=1S/C16H18N4/c1-2-17-11-13-5-3-6-15-14(13)7-10-20(15)12-16-18-8-4-9-19-16/h3-10,17H,2,11-12H2,1H3. The Morgan fingerprint density at radius 3 is 2.75 bits per heavy atom. The van der Waals surface area contributed by atoms with Gasteiger partial charge >= 0.3 is 0 Å². The van der Waals surface area contributed by atoms with Crippen LogP contribution in [0, 0.1) is 0 Å². The van der Waals surface area contributed by atoms with Crippen molar-refractivity contribution >= 4 is 10.9 Å². The zero-order chi connectivity index (χ0) is 13.8. The minimum atomic E-state index is 0.703. The Hall–Kier alpha value is -2.20. The smallest absolute Gasteiger partial charge is 0.147 e. The van der Waals surface area contributed by atoms with Crippen LogP contribution in [-0.4, -0.2) is 21.1 Å². The molecule has 0 fully saturated rings. The van der Waals surface area contributed by atoms with Crippen LogP contribution in [0.5, 0.6) is 0 Å². The van der Waals surface area contributed by atoms with Crippen LogP contribution in [0.2, 0.25) is 0 Å². The molecule has 0 saturated heterocycles. The third-order valence-electron chi connectivity index (χ3n) is 3.40. The molecule has 0 aliphatic rings. The van der Waals surface area contributed by atoms with Crippen molar-refractivity contribution in [1.29, 1.82) is 0 Å². The maximum Gasteiger partial charge on any atom is 0.147 e. The summed E-state index contributed by atoms with van der Waals surface area (Å²) in [5, 5.41) is 4.68. The first-order valence-corrected chi connectivity index (χ1v) is 6.92. The summed E-state index contributed by atoms with van der Waals surface area (Å²) in [6.45, 7) is 4.71. The Kier molecular flexibility index (Phi) is 3.74. The van der Waals surface area contributed by atoms with Gasteiger partial charge < -0.3 is 9.88 Å². The molecule has 102 valence electrons. The van der Waals surface area contributed by atoms with E-state index in [1.165, 1.54) is 16.5 Å². The Labute approximate surface area is 118 Å². The van der Waals surface area contributed by atoms with Gasteiger partial charge in [-0.1, -0.05) is 19.1 Å². The van der Waals surface area contributed by atoms with E-state index in [-0.39, 0.29) is 0 Å². The van der Waals surface area contributed by atoms with Crippen LogP contribution in [0.15, 0.2) is 48.9 Å². The van der Waals surface area contributed by atoms with Gasteiger partial charge in [0, 0.05) is 36.0 Å². The van der Waals surface area contributed by atoms with E-state index in [4.69, 9.17) is 0 Å². The lowest BCUT2D eigenvalue weighted by molar-refractivity contribution is 0.730. The molecule has 2 heterocycles. The summed E-state index contributed by atoms with van der Waals surface area (Å²) in [6, 6.07) is 10.4. The molecule has 0 aliphatic heterocycles. The number of benzene rings is 1. The summed E-state index contributed by atoms with van der Waals surface area (Å²) >= 11 is 0. The first-order chi connectivity index (χ1) is 9.88. The molecule has 0 radical (unpaired) electrons. The number of hydrogen-bond donors (Lipinski definition) is 1. The fraction of sp³-hybridized carbons (Fsp3) is 0.250. The van der Waals surface area contributed by atoms with E-state index in [0.29, 0.717) is 6.54 Å². The van der Waals surface area contributed by atoms with E-state index in [1.54, 1.807) is 12.4 Å². The molecule has 4 nitrogen and oxygen atoms in total. The summed E-state index contributed by atoms with van der Waals surface area (Å²) in [6.07, 6.45) is 5.67. The predicted molar refractivity (Wildman–Crippen MR) is 80.5 cm³/mol. The normalized spacial score (nSPS) is 11.1. The Morgan fingerprint density at radius 1 is 1.10 bits per heavy atom. The summed E-state index contributed by atoms with van der Waals surface area (Å²) < 4.78 is 2.19. The maximum absolute atomic E-state index is 4.29. The van der Waals surface area contributed by atoms with Gasteiger partial charge in [0.15, 0.2) is 0 Å². The second-order valence-electron chi connectivity index (χ2n) is 4.74. The first kappa shape index (κ1) is 12.8. The van der Waals surface area contributed by atoms with Crippen molar-refractivity contribution in [2.24, 2.45) is 0 Å². The van der Waals surface area contributed by atoms with Crippen LogP contribution in [0.1, 0.15) is 18.3 Å². The van der Waals surface area contributed by atoms with Gasteiger partial charge in [-0.2, -0.15) is 0 Å². The van der Waals surface area contributed by atoms with Gasteiger partial charge in [0.25, 0.3) is 0 Å². The molecule has 0 bridgehead atoms. The molecule has 4 heteroatoms. The van der Waals surface area contributed by atoms with E-state index in [9.17, 15) is 0 Å². The highest BCUT2D eigenvalue weighted by Crippen LogP contribution is 2.20. The molecule has 3 aromatic rings. The molecular formula is C16H18N4. The van der Waals surface area contributed by atoms with Gasteiger partial charge in [0.1, 0.15) is 5.82 Å². The number of nitrogens with one attached hydrogen (secondary N) is 1. The van der Waals surface area contributed by atoms with Gasteiger partial charge in [0.2, 0.25) is 0 Å². The van der Waals surface area contributed by atoms with Crippen LogP contribution in [0.25, 0.3) is 10.9 Å². The van der Waals surface area contributed by atoms with Crippen LogP contribution in [-0.2, 0) is 13.1 Å². The maximum atomic E-state index is 4.29. The molecule has 1 N–H and O–H groups in total. The number of hydrogen-bond acceptors (Lipinski definition) is 3. The van der Waals surface area contributed by atoms with Gasteiger partial charge in [-0.25, -0.2) is 9.97 Å². The zero-order valence-electron chi connectivity index (χ0n) is 11.6. The van der Waals surface area contributed by atoms with E-state index < -0.39 is 0 Å². The van der Waals surface area contributed by atoms with Crippen LogP contribution >= 0.6 is 0 Å². The Bertz CT molecular complexity index is 688. The second-order valence-corrected chi connectivity index (χ2v) is 4.74. The predicted octanol–water partition coefficient (Wildman–Crippen LogP) is 2.59. The van der Waals surface area contributed by atoms with Crippen LogP contribution in [0.3, 0.4) is 0 Å². The average molecular weight is 266 g/mol. The van der Waals surface area contributed by atoms with Crippen molar-refractivity contribution in [3.63, 3.8) is 0 Å². The molecule has 0 spiro atoms. The second kappa shape index (κ2) is 5.84. The molecule has 3 rings (SSSR count). The van der Waals surface area contributed by atoms with Crippen molar-refractivity contribution in [2.75, 3.05) is 6.54 Å². The highest BCUT2D eigenvalue weighted by Gasteiger charge is 2.06. The largest absolute Gasteiger partial charge is 0.340 e. The summed E-state index contributed by atoms with van der Waals surface area (Å²) in [4.78, 5) is 8.58. The molecule has 0 unspecified atom stereocenters. The molecule has 0 amide bonds. The summed E-state index contributed by atoms with van der Waals surface area (Å²) in [5.74, 6) is 0.835. The van der Waals surface area contributed by atoms with Crippen molar-refractivity contribution in [3.05, 3.63) is 60.3 Å². The Balaban J connectivity index is 1.93. The van der Waals surface area contributed by atoms with E-state index in [2.05, 4.69) is 57.2 Å². The lowest BCUT2D eigenvalue weighted by atomic mass is 10.1. The topological polar surface area (TPSA) is 42.7 Å². The van der Waals surface area contributed by atoms with Crippen molar-refractivity contribution < 1.29 is 0 Å². The minimum Gasteiger partial charge on any atom is -0.340 e. The summed E-state index contributed by atoms with van der Waals surface area (Å²) in [5.41, 5.74) is 2.56. The highest BCUT2D eigenvalue weighted by atomic mass is 15.0. The highest BCUT2D eigenvalue weighted by molar-refractivity contribution is 5.83. The first-order valence-electron chi connectivity index (χ1n) is 6.92. The average Bonchev–Trinajstić information content (AvgIpc) is 2.90. The molecule has 0 aliphatic carbocycles. The lowest BCUT2D eigenvalue weighted by Gasteiger charge is -2.07. The molecule has 0 atom stereocenters. The van der Waals surface area contributed by atoms with Gasteiger partial charge in [-0.15, -0.1) is 0 Å². The summed E-state index contributed by atoms with van der Waals surface area (Å²) in [7, 11) is 0. The SMILES string of the molecule is CCNCc1cccc2c1ccn2Cc1ncccn1.